The molecule has 1 heterocycles. The lowest BCUT2D eigenvalue weighted by molar-refractivity contribution is 0.0747. The number of carbonyl (C=O) groups is 1. The zero-order chi connectivity index (χ0) is 21.3. The molecule has 0 N–H and O–H groups in total. The number of hydrogen-bond acceptors (Lipinski definition) is 4. The fourth-order valence-electron chi connectivity index (χ4n) is 3.17. The third-order valence-corrected chi connectivity index (χ3v) is 5.89. The second kappa shape index (κ2) is 8.28. The van der Waals surface area contributed by atoms with Crippen molar-refractivity contribution in [2.45, 2.75) is 12.3 Å². The maximum atomic E-state index is 13.7. The molecule has 30 heavy (non-hydrogen) atoms. The third-order valence-electron chi connectivity index (χ3n) is 4.67. The molecule has 0 radical (unpaired) electrons. The van der Waals surface area contributed by atoms with Gasteiger partial charge >= 0.3 is 0 Å². The van der Waals surface area contributed by atoms with E-state index < -0.39 is 17.1 Å². The van der Waals surface area contributed by atoms with E-state index in [0.717, 1.165) is 11.1 Å². The van der Waals surface area contributed by atoms with Crippen LogP contribution in [0.25, 0.3) is 0 Å². The summed E-state index contributed by atoms with van der Waals surface area (Å²) in [6.07, 6.45) is 0. The van der Waals surface area contributed by atoms with Crippen LogP contribution >= 0.6 is 11.8 Å². The van der Waals surface area contributed by atoms with Gasteiger partial charge in [-0.1, -0.05) is 30.0 Å². The molecule has 4 nitrogen and oxygen atoms in total. The van der Waals surface area contributed by atoms with Crippen LogP contribution in [0, 0.1) is 18.6 Å². The van der Waals surface area contributed by atoms with Gasteiger partial charge in [0.1, 0.15) is 27.8 Å². The summed E-state index contributed by atoms with van der Waals surface area (Å²) in [5, 5.41) is 5.88. The lowest BCUT2D eigenvalue weighted by Gasteiger charge is -2.23. The number of carbonyl (C=O) groups excluding carboxylic acids is 1. The number of halogens is 2. The summed E-state index contributed by atoms with van der Waals surface area (Å²) in [5.74, 6) is -0.668. The Morgan fingerprint density at radius 3 is 2.50 bits per heavy atom. The normalized spacial score (nSPS) is 15.8. The molecule has 1 amide bonds. The number of hydrazone groups is 1. The summed E-state index contributed by atoms with van der Waals surface area (Å²) in [6.45, 7) is 1.95. The zero-order valence-corrected chi connectivity index (χ0v) is 17.1. The summed E-state index contributed by atoms with van der Waals surface area (Å²) in [6, 6.07) is 17.1. The average molecular weight is 424 g/mol. The number of thioether (sulfide) groups is 1. The van der Waals surface area contributed by atoms with Crippen molar-refractivity contribution >= 4 is 22.7 Å². The SMILES string of the molecule is COc1cc(C)ccc1C1SC(c2ccc(F)cc2)=NN1C(=O)c1cccc(F)c1. The summed E-state index contributed by atoms with van der Waals surface area (Å²) < 4.78 is 32.6. The largest absolute Gasteiger partial charge is 0.496 e. The average Bonchev–Trinajstić information content (AvgIpc) is 3.18. The van der Waals surface area contributed by atoms with Gasteiger partial charge in [0.15, 0.2) is 0 Å². The number of ether oxygens (including phenoxy) is 1. The molecule has 0 aromatic heterocycles. The summed E-state index contributed by atoms with van der Waals surface area (Å²) in [7, 11) is 1.57. The highest BCUT2D eigenvalue weighted by Crippen LogP contribution is 2.45. The van der Waals surface area contributed by atoms with E-state index in [9.17, 15) is 13.6 Å². The van der Waals surface area contributed by atoms with Crippen LogP contribution in [-0.4, -0.2) is 23.1 Å². The smallest absolute Gasteiger partial charge is 0.275 e. The highest BCUT2D eigenvalue weighted by atomic mass is 32.2. The highest BCUT2D eigenvalue weighted by Gasteiger charge is 2.36. The summed E-state index contributed by atoms with van der Waals surface area (Å²) >= 11 is 1.35. The Morgan fingerprint density at radius 1 is 1.03 bits per heavy atom. The second-order valence-corrected chi connectivity index (χ2v) is 7.86. The lowest BCUT2D eigenvalue weighted by Crippen LogP contribution is -2.26. The Labute approximate surface area is 177 Å². The zero-order valence-electron chi connectivity index (χ0n) is 16.3. The molecule has 0 aliphatic carbocycles. The molecule has 1 unspecified atom stereocenters. The molecule has 4 rings (SSSR count). The first kappa shape index (κ1) is 20.1. The number of rotatable bonds is 4. The predicted molar refractivity (Wildman–Crippen MR) is 114 cm³/mol. The molecular weight excluding hydrogens is 406 g/mol. The minimum Gasteiger partial charge on any atom is -0.496 e. The maximum Gasteiger partial charge on any atom is 0.275 e. The highest BCUT2D eigenvalue weighted by molar-refractivity contribution is 8.14. The van der Waals surface area contributed by atoms with Crippen LogP contribution in [0.5, 0.6) is 5.75 Å². The lowest BCUT2D eigenvalue weighted by atomic mass is 10.1. The molecule has 0 fully saturated rings. The number of aryl methyl sites for hydroxylation is 1. The van der Waals surface area contributed by atoms with E-state index in [-0.39, 0.29) is 11.4 Å². The van der Waals surface area contributed by atoms with Gasteiger partial charge in [-0.05, 0) is 61.0 Å². The molecule has 3 aromatic carbocycles. The molecule has 7 heteroatoms. The van der Waals surface area contributed by atoms with Crippen molar-refractivity contribution in [3.63, 3.8) is 0 Å². The van der Waals surface area contributed by atoms with Gasteiger partial charge in [0, 0.05) is 16.7 Å². The molecule has 3 aromatic rings. The Morgan fingerprint density at radius 2 is 1.80 bits per heavy atom. The predicted octanol–water partition coefficient (Wildman–Crippen LogP) is 5.53. The fourth-order valence-corrected chi connectivity index (χ4v) is 4.35. The van der Waals surface area contributed by atoms with Crippen LogP contribution < -0.4 is 4.74 Å². The Bertz CT molecular complexity index is 1130. The van der Waals surface area contributed by atoms with Gasteiger partial charge in [-0.25, -0.2) is 13.8 Å². The van der Waals surface area contributed by atoms with Crippen molar-refractivity contribution in [1.82, 2.24) is 5.01 Å². The summed E-state index contributed by atoms with van der Waals surface area (Å²) in [4.78, 5) is 13.2. The standard InChI is InChI=1S/C23H18F2N2O2S/c1-14-6-11-19(20(12-14)29-2)23-27(22(28)16-4-3-5-18(25)13-16)26-21(30-23)15-7-9-17(24)10-8-15/h3-13,23H,1-2H3. The van der Waals surface area contributed by atoms with Crippen LogP contribution in [0.4, 0.5) is 8.78 Å². The molecule has 1 aliphatic heterocycles. The van der Waals surface area contributed by atoms with E-state index in [1.807, 2.05) is 25.1 Å². The van der Waals surface area contributed by atoms with Crippen molar-refractivity contribution in [2.75, 3.05) is 7.11 Å². The van der Waals surface area contributed by atoms with Crippen LogP contribution in [0.3, 0.4) is 0 Å². The molecule has 1 atom stereocenters. The van der Waals surface area contributed by atoms with Crippen molar-refractivity contribution in [1.29, 1.82) is 0 Å². The van der Waals surface area contributed by atoms with Crippen LogP contribution in [0.15, 0.2) is 71.8 Å². The Balaban J connectivity index is 1.78. The number of nitrogens with zero attached hydrogens (tertiary/aromatic N) is 2. The number of hydrogen-bond donors (Lipinski definition) is 0. The second-order valence-electron chi connectivity index (χ2n) is 6.79. The number of benzene rings is 3. The van der Waals surface area contributed by atoms with E-state index >= 15 is 0 Å². The first-order valence-electron chi connectivity index (χ1n) is 9.21. The first-order valence-corrected chi connectivity index (χ1v) is 10.1. The van der Waals surface area contributed by atoms with Crippen LogP contribution in [0.1, 0.15) is 32.4 Å². The molecule has 0 spiro atoms. The summed E-state index contributed by atoms with van der Waals surface area (Å²) in [5.41, 5.74) is 2.66. The topological polar surface area (TPSA) is 41.9 Å². The van der Waals surface area contributed by atoms with Gasteiger partial charge in [0.05, 0.1) is 7.11 Å². The molecule has 1 aliphatic rings. The molecule has 0 bridgehead atoms. The van der Waals surface area contributed by atoms with Gasteiger partial charge in [-0.2, -0.15) is 5.10 Å². The van der Waals surface area contributed by atoms with Crippen molar-refractivity contribution in [3.05, 3.63) is 101 Å². The fraction of sp³-hybridized carbons (Fsp3) is 0.130. The van der Waals surface area contributed by atoms with Gasteiger partial charge in [-0.3, -0.25) is 4.79 Å². The van der Waals surface area contributed by atoms with E-state index in [2.05, 4.69) is 5.10 Å². The molecule has 152 valence electrons. The minimum atomic E-state index is -0.517. The first-order chi connectivity index (χ1) is 14.5. The van der Waals surface area contributed by atoms with Gasteiger partial charge < -0.3 is 4.74 Å². The van der Waals surface area contributed by atoms with Crippen molar-refractivity contribution < 1.29 is 18.3 Å². The third kappa shape index (κ3) is 3.93. The van der Waals surface area contributed by atoms with Crippen LogP contribution in [0.2, 0.25) is 0 Å². The van der Waals surface area contributed by atoms with Gasteiger partial charge in [-0.15, -0.1) is 0 Å². The van der Waals surface area contributed by atoms with E-state index in [4.69, 9.17) is 4.74 Å². The van der Waals surface area contributed by atoms with Gasteiger partial charge in [0.2, 0.25) is 0 Å². The monoisotopic (exact) mass is 424 g/mol. The number of methoxy groups -OCH3 is 1. The molecule has 0 saturated heterocycles. The molecular formula is C23H18F2N2O2S. The van der Waals surface area contributed by atoms with Crippen molar-refractivity contribution in [2.24, 2.45) is 5.10 Å². The van der Waals surface area contributed by atoms with E-state index in [1.165, 1.54) is 47.1 Å². The Hall–Kier alpha value is -3.19. The van der Waals surface area contributed by atoms with Crippen LogP contribution in [-0.2, 0) is 0 Å². The van der Waals surface area contributed by atoms with E-state index in [1.54, 1.807) is 25.3 Å². The number of amides is 1. The minimum absolute atomic E-state index is 0.191. The molecule has 0 saturated carbocycles. The quantitative estimate of drug-likeness (QED) is 0.553. The Kier molecular flexibility index (Phi) is 5.55. The van der Waals surface area contributed by atoms with E-state index in [0.29, 0.717) is 16.4 Å². The van der Waals surface area contributed by atoms with Crippen molar-refractivity contribution in [3.8, 4) is 5.75 Å². The van der Waals surface area contributed by atoms with Gasteiger partial charge in [0.25, 0.3) is 5.91 Å². The maximum absolute atomic E-state index is 13.7.